The van der Waals surface area contributed by atoms with Crippen LogP contribution >= 0.6 is 11.8 Å². The first kappa shape index (κ1) is 30.4. The molecule has 0 saturated carbocycles. The first-order chi connectivity index (χ1) is 19.5. The fourth-order valence-corrected chi connectivity index (χ4v) is 7.48. The Bertz CT molecular complexity index is 1070. The number of fused-ring (bicyclic) bond motifs is 1. The second-order valence-electron chi connectivity index (χ2n) is 11.3. The predicted molar refractivity (Wildman–Crippen MR) is 163 cm³/mol. The lowest BCUT2D eigenvalue weighted by atomic mass is 10.00. The van der Waals surface area contributed by atoms with Crippen molar-refractivity contribution in [1.82, 2.24) is 9.80 Å². The molecule has 40 heavy (non-hydrogen) atoms. The normalized spacial score (nSPS) is 20.3. The van der Waals surface area contributed by atoms with Crippen molar-refractivity contribution in [2.75, 3.05) is 26.1 Å². The number of thioether (sulfide) groups is 1. The molecule has 0 N–H and O–H groups in total. The van der Waals surface area contributed by atoms with Gasteiger partial charge >= 0.3 is 6.03 Å². The Morgan fingerprint density at radius 1 is 0.875 bits per heavy atom. The van der Waals surface area contributed by atoms with Crippen LogP contribution in [0.5, 0.6) is 5.75 Å². The van der Waals surface area contributed by atoms with E-state index >= 15 is 0 Å². The number of methoxy groups -OCH3 is 1. The number of amides is 2. The summed E-state index contributed by atoms with van der Waals surface area (Å²) in [6.45, 7) is 6.66. The van der Waals surface area contributed by atoms with Gasteiger partial charge in [0.1, 0.15) is 11.5 Å². The molecule has 2 amide bonds. The highest BCUT2D eigenvalue weighted by atomic mass is 32.2. The highest BCUT2D eigenvalue weighted by molar-refractivity contribution is 8.00. The number of ketones is 1. The summed E-state index contributed by atoms with van der Waals surface area (Å²) in [5.74, 6) is 2.11. The number of Topliss-reactive ketones (excluding diaryl/α,β-unsaturated/α-hetero) is 1. The number of aryl methyl sites for hydroxylation is 1. The summed E-state index contributed by atoms with van der Waals surface area (Å²) in [6, 6.07) is 17.3. The third-order valence-electron chi connectivity index (χ3n) is 8.09. The van der Waals surface area contributed by atoms with Gasteiger partial charge in [0.25, 0.3) is 0 Å². The number of hydrogen-bond acceptors (Lipinski definition) is 5. The minimum atomic E-state index is 0.161. The zero-order valence-corrected chi connectivity index (χ0v) is 25.3. The largest absolute Gasteiger partial charge is 0.497 e. The van der Waals surface area contributed by atoms with Gasteiger partial charge in [0, 0.05) is 43.7 Å². The quantitative estimate of drug-likeness (QED) is 0.152. The lowest BCUT2D eigenvalue weighted by Gasteiger charge is -2.27. The monoisotopic (exact) mass is 566 g/mol. The molecule has 0 radical (unpaired) electrons. The first-order valence-corrected chi connectivity index (χ1v) is 16.0. The maximum Gasteiger partial charge on any atom is 0.321 e. The molecular formula is C33H46N2O4S. The highest BCUT2D eigenvalue weighted by Crippen LogP contribution is 2.43. The third kappa shape index (κ3) is 8.50. The van der Waals surface area contributed by atoms with Crippen molar-refractivity contribution >= 4 is 23.6 Å². The minimum Gasteiger partial charge on any atom is -0.497 e. The molecule has 4 rings (SSSR count). The Labute approximate surface area is 244 Å². The number of carbonyl (C=O) groups excluding carboxylic acids is 2. The van der Waals surface area contributed by atoms with E-state index in [1.807, 2.05) is 23.9 Å². The molecule has 0 aromatic heterocycles. The molecule has 2 aromatic carbocycles. The third-order valence-corrected chi connectivity index (χ3v) is 9.56. The first-order valence-electron chi connectivity index (χ1n) is 14.9. The van der Waals surface area contributed by atoms with Gasteiger partial charge < -0.3 is 24.1 Å². The summed E-state index contributed by atoms with van der Waals surface area (Å²) >= 11 is 2.04. The number of nitrogens with zero attached hydrogens (tertiary/aromatic N) is 2. The zero-order chi connectivity index (χ0) is 28.3. The Morgan fingerprint density at radius 3 is 2.15 bits per heavy atom. The van der Waals surface area contributed by atoms with Crippen molar-refractivity contribution in [2.45, 2.75) is 95.6 Å². The van der Waals surface area contributed by atoms with Crippen molar-refractivity contribution in [3.05, 3.63) is 65.2 Å². The van der Waals surface area contributed by atoms with Gasteiger partial charge in [-0.15, -0.1) is 0 Å². The molecule has 3 atom stereocenters. The highest BCUT2D eigenvalue weighted by Gasteiger charge is 2.52. The van der Waals surface area contributed by atoms with E-state index in [9.17, 15) is 9.59 Å². The van der Waals surface area contributed by atoms with Crippen LogP contribution in [0.25, 0.3) is 0 Å². The summed E-state index contributed by atoms with van der Waals surface area (Å²) in [5, 5.41) is 0.461. The van der Waals surface area contributed by atoms with Crippen LogP contribution in [0.1, 0.15) is 75.0 Å². The number of ether oxygens (including phenoxy) is 2. The van der Waals surface area contributed by atoms with Crippen molar-refractivity contribution in [1.29, 1.82) is 0 Å². The van der Waals surface area contributed by atoms with Gasteiger partial charge in [-0.1, -0.05) is 61.2 Å². The van der Waals surface area contributed by atoms with Crippen LogP contribution in [0.3, 0.4) is 0 Å². The van der Waals surface area contributed by atoms with Gasteiger partial charge in [-0.05, 0) is 62.8 Å². The van der Waals surface area contributed by atoms with Crippen LogP contribution in [0.15, 0.2) is 48.5 Å². The Balaban J connectivity index is 1.29. The molecule has 2 saturated heterocycles. The zero-order valence-electron chi connectivity index (χ0n) is 24.5. The average Bonchev–Trinajstić information content (AvgIpc) is 3.47. The molecule has 2 aliphatic rings. The maximum atomic E-state index is 13.8. The fraction of sp³-hybridized carbons (Fsp3) is 0.576. The lowest BCUT2D eigenvalue weighted by molar-refractivity contribution is -0.117. The molecular weight excluding hydrogens is 520 g/mol. The van der Waals surface area contributed by atoms with Crippen LogP contribution in [-0.4, -0.2) is 65.0 Å². The van der Waals surface area contributed by atoms with Gasteiger partial charge in [-0.25, -0.2) is 4.79 Å². The summed E-state index contributed by atoms with van der Waals surface area (Å²) in [4.78, 5) is 29.1. The molecule has 0 unspecified atom stereocenters. The molecule has 218 valence electrons. The second-order valence-corrected chi connectivity index (χ2v) is 12.5. The topological polar surface area (TPSA) is 59.1 Å². The number of urea groups is 1. The van der Waals surface area contributed by atoms with E-state index in [0.29, 0.717) is 24.8 Å². The van der Waals surface area contributed by atoms with Gasteiger partial charge in [0.2, 0.25) is 0 Å². The molecule has 2 aliphatic heterocycles. The van der Waals surface area contributed by atoms with E-state index < -0.39 is 0 Å². The molecule has 2 aromatic rings. The van der Waals surface area contributed by atoms with E-state index in [0.717, 1.165) is 75.2 Å². The Kier molecular flexibility index (Phi) is 11.8. The maximum absolute atomic E-state index is 13.8. The fourth-order valence-electron chi connectivity index (χ4n) is 5.80. The summed E-state index contributed by atoms with van der Waals surface area (Å²) in [7, 11) is 1.68. The minimum absolute atomic E-state index is 0.161. The standard InChI is InChI=1S/C33H46N2O4S/c1-25-12-14-27(15-13-25)23-35-32-30(34(33(35)37)22-28-16-18-29(38-3)19-17-28)24-40-31(32)11-7-5-9-21-39-20-8-4-6-10-26(2)36/h12-19,30-32H,4-11,20-24H2,1-3H3/t30-,31-,32-/m0/s1. The number of carbonyl (C=O) groups is 2. The smallest absolute Gasteiger partial charge is 0.321 e. The van der Waals surface area contributed by atoms with E-state index in [1.165, 1.54) is 11.1 Å². The molecule has 2 heterocycles. The van der Waals surface area contributed by atoms with E-state index in [4.69, 9.17) is 9.47 Å². The number of unbranched alkanes of at least 4 members (excludes halogenated alkanes) is 4. The van der Waals surface area contributed by atoms with Gasteiger partial charge in [-0.3, -0.25) is 0 Å². The van der Waals surface area contributed by atoms with E-state index in [-0.39, 0.29) is 23.9 Å². The van der Waals surface area contributed by atoms with Crippen molar-refractivity contribution in [2.24, 2.45) is 0 Å². The van der Waals surface area contributed by atoms with Crippen LogP contribution in [0.2, 0.25) is 0 Å². The molecule has 2 fully saturated rings. The second kappa shape index (κ2) is 15.5. The van der Waals surface area contributed by atoms with E-state index in [1.54, 1.807) is 14.0 Å². The van der Waals surface area contributed by atoms with Crippen molar-refractivity contribution in [3.63, 3.8) is 0 Å². The average molecular weight is 567 g/mol. The molecule has 0 spiro atoms. The van der Waals surface area contributed by atoms with Gasteiger partial charge in [0.15, 0.2) is 0 Å². The molecule has 6 nitrogen and oxygen atoms in total. The van der Waals surface area contributed by atoms with Crippen LogP contribution < -0.4 is 4.74 Å². The Morgan fingerprint density at radius 2 is 1.50 bits per heavy atom. The van der Waals surface area contributed by atoms with Crippen molar-refractivity contribution < 1.29 is 19.1 Å². The summed E-state index contributed by atoms with van der Waals surface area (Å²) in [6.07, 6.45) is 8.28. The van der Waals surface area contributed by atoms with Crippen LogP contribution in [0, 0.1) is 6.92 Å². The Hall–Kier alpha value is -2.51. The molecule has 0 bridgehead atoms. The van der Waals surface area contributed by atoms with Crippen LogP contribution in [-0.2, 0) is 22.6 Å². The molecule has 7 heteroatoms. The van der Waals surface area contributed by atoms with Gasteiger partial charge in [-0.2, -0.15) is 11.8 Å². The number of hydrogen-bond donors (Lipinski definition) is 0. The number of benzene rings is 2. The van der Waals surface area contributed by atoms with Crippen molar-refractivity contribution in [3.8, 4) is 5.75 Å². The predicted octanol–water partition coefficient (Wildman–Crippen LogP) is 7.02. The van der Waals surface area contributed by atoms with E-state index in [2.05, 4.69) is 53.1 Å². The lowest BCUT2D eigenvalue weighted by Crippen LogP contribution is -2.40. The SMILES string of the molecule is COc1ccc(CN2C(=O)N(Cc3ccc(C)cc3)[C@@H]3[C@H](CCCCCOCCCCCC(C)=O)SC[C@@H]32)cc1. The van der Waals surface area contributed by atoms with Gasteiger partial charge in [0.05, 0.1) is 19.2 Å². The summed E-state index contributed by atoms with van der Waals surface area (Å²) in [5.41, 5.74) is 3.57. The molecule has 0 aliphatic carbocycles. The summed E-state index contributed by atoms with van der Waals surface area (Å²) < 4.78 is 11.1. The van der Waals surface area contributed by atoms with Crippen LogP contribution in [0.4, 0.5) is 4.79 Å². The number of rotatable bonds is 17.